The summed E-state index contributed by atoms with van der Waals surface area (Å²) in [5.74, 6) is 0. The molecule has 3 heteroatoms. The Bertz CT molecular complexity index is 170. The normalized spacial score (nSPS) is 34.3. The van der Waals surface area contributed by atoms with Crippen LogP contribution in [0.25, 0.3) is 0 Å². The lowest BCUT2D eigenvalue weighted by molar-refractivity contribution is 0.990. The topological polar surface area (TPSA) is 0 Å². The third kappa shape index (κ3) is 2.32. The largest absolute Gasteiger partial charge is 0.122 e. The molecule has 1 rings (SSSR count). The van der Waals surface area contributed by atoms with Gasteiger partial charge in [0.05, 0.1) is 0 Å². The molecule has 0 radical (unpaired) electrons. The minimum absolute atomic E-state index is 0.446. The number of rotatable bonds is 0. The maximum Gasteiger partial charge on any atom is 0.122 e. The van der Waals surface area contributed by atoms with Crippen LogP contribution in [0.2, 0.25) is 0 Å². The average molecular weight is 228 g/mol. The molecule has 9 heavy (non-hydrogen) atoms. The van der Waals surface area contributed by atoms with Gasteiger partial charge in [0.1, 0.15) is 3.78 Å². The van der Waals surface area contributed by atoms with Crippen LogP contribution in [-0.4, -0.2) is 3.78 Å². The second kappa shape index (κ2) is 2.65. The third-order valence-corrected chi connectivity index (χ3v) is 2.07. The number of hydrogen-bond donors (Lipinski definition) is 0. The molecular formula is C6H5BrCl2. The Kier molecular flexibility index (Phi) is 2.25. The second-order valence-corrected chi connectivity index (χ2v) is 4.88. The van der Waals surface area contributed by atoms with Gasteiger partial charge in [0, 0.05) is 5.03 Å². The number of allylic oxidation sites excluding steroid dienone is 4. The molecule has 0 saturated heterocycles. The van der Waals surface area contributed by atoms with E-state index in [1.165, 1.54) is 0 Å². The Morgan fingerprint density at radius 2 is 2.33 bits per heavy atom. The summed E-state index contributed by atoms with van der Waals surface area (Å²) in [6, 6.07) is 0. The van der Waals surface area contributed by atoms with Gasteiger partial charge in [-0.2, -0.15) is 0 Å². The SMILES string of the molecule is ClC1=CC(Cl)(Br)CC=C1. The van der Waals surface area contributed by atoms with E-state index in [1.807, 2.05) is 12.2 Å². The van der Waals surface area contributed by atoms with E-state index < -0.39 is 3.78 Å². The first-order valence-electron chi connectivity index (χ1n) is 2.53. The zero-order chi connectivity index (χ0) is 6.91. The first-order valence-corrected chi connectivity index (χ1v) is 4.08. The summed E-state index contributed by atoms with van der Waals surface area (Å²) >= 11 is 14.8. The molecular weight excluding hydrogens is 223 g/mol. The fourth-order valence-corrected chi connectivity index (χ4v) is 1.74. The van der Waals surface area contributed by atoms with Gasteiger partial charge in [-0.3, -0.25) is 0 Å². The highest BCUT2D eigenvalue weighted by molar-refractivity contribution is 9.10. The molecule has 0 N–H and O–H groups in total. The molecule has 0 aromatic heterocycles. The second-order valence-electron chi connectivity index (χ2n) is 1.90. The Balaban J connectivity index is 2.78. The zero-order valence-electron chi connectivity index (χ0n) is 4.57. The van der Waals surface area contributed by atoms with Gasteiger partial charge in [-0.1, -0.05) is 33.6 Å². The summed E-state index contributed by atoms with van der Waals surface area (Å²) in [6.45, 7) is 0. The molecule has 1 aliphatic carbocycles. The standard InChI is InChI=1S/C6H5BrCl2/c7-6(9)3-1-2-5(8)4-6/h1-2,4H,3H2. The molecule has 0 amide bonds. The number of alkyl halides is 2. The number of hydrogen-bond acceptors (Lipinski definition) is 0. The molecule has 0 aromatic carbocycles. The van der Waals surface area contributed by atoms with Gasteiger partial charge in [0.25, 0.3) is 0 Å². The maximum atomic E-state index is 5.87. The van der Waals surface area contributed by atoms with E-state index >= 15 is 0 Å². The van der Waals surface area contributed by atoms with Crippen molar-refractivity contribution in [2.45, 2.75) is 10.2 Å². The van der Waals surface area contributed by atoms with E-state index in [1.54, 1.807) is 6.08 Å². The van der Waals surface area contributed by atoms with Crippen molar-refractivity contribution >= 4 is 39.1 Å². The molecule has 0 heterocycles. The molecule has 0 spiro atoms. The number of halogens is 3. The monoisotopic (exact) mass is 226 g/mol. The van der Waals surface area contributed by atoms with E-state index in [0.29, 0.717) is 5.03 Å². The summed E-state index contributed by atoms with van der Waals surface area (Å²) in [5.41, 5.74) is 0. The van der Waals surface area contributed by atoms with Gasteiger partial charge in [-0.15, -0.1) is 11.6 Å². The fraction of sp³-hybridized carbons (Fsp3) is 0.333. The zero-order valence-corrected chi connectivity index (χ0v) is 7.67. The van der Waals surface area contributed by atoms with Crippen molar-refractivity contribution in [3.05, 3.63) is 23.3 Å². The predicted octanol–water partition coefficient (Wildman–Crippen LogP) is 3.40. The van der Waals surface area contributed by atoms with Crippen LogP contribution in [0.15, 0.2) is 23.3 Å². The van der Waals surface area contributed by atoms with E-state index in [-0.39, 0.29) is 0 Å². The summed E-state index contributed by atoms with van der Waals surface area (Å²) in [5, 5.41) is 0.688. The molecule has 1 aliphatic rings. The predicted molar refractivity (Wildman–Crippen MR) is 45.2 cm³/mol. The van der Waals surface area contributed by atoms with Gasteiger partial charge < -0.3 is 0 Å². The lowest BCUT2D eigenvalue weighted by atomic mass is 10.2. The summed E-state index contributed by atoms with van der Waals surface area (Å²) in [7, 11) is 0. The van der Waals surface area contributed by atoms with Crippen molar-refractivity contribution < 1.29 is 0 Å². The maximum absolute atomic E-state index is 5.87. The molecule has 0 nitrogen and oxygen atoms in total. The third-order valence-electron chi connectivity index (χ3n) is 1.02. The highest BCUT2D eigenvalue weighted by atomic mass is 79.9. The van der Waals surface area contributed by atoms with Crippen molar-refractivity contribution in [3.63, 3.8) is 0 Å². The van der Waals surface area contributed by atoms with Gasteiger partial charge in [-0.25, -0.2) is 0 Å². The molecule has 1 unspecified atom stereocenters. The Hall–Kier alpha value is 0.540. The van der Waals surface area contributed by atoms with Crippen LogP contribution in [-0.2, 0) is 0 Å². The molecule has 1 atom stereocenters. The molecule has 0 fully saturated rings. The van der Waals surface area contributed by atoms with Crippen LogP contribution in [0.1, 0.15) is 6.42 Å². The Morgan fingerprint density at radius 3 is 2.67 bits per heavy atom. The van der Waals surface area contributed by atoms with Crippen molar-refractivity contribution in [2.75, 3.05) is 0 Å². The molecule has 50 valence electrons. The Morgan fingerprint density at radius 1 is 1.67 bits per heavy atom. The summed E-state index contributed by atoms with van der Waals surface area (Å²) < 4.78 is -0.446. The van der Waals surface area contributed by atoms with Crippen LogP contribution in [0, 0.1) is 0 Å². The summed E-state index contributed by atoms with van der Waals surface area (Å²) in [6.07, 6.45) is 6.33. The van der Waals surface area contributed by atoms with Crippen LogP contribution >= 0.6 is 39.1 Å². The summed E-state index contributed by atoms with van der Waals surface area (Å²) in [4.78, 5) is 0. The van der Waals surface area contributed by atoms with Crippen molar-refractivity contribution in [1.29, 1.82) is 0 Å². The molecule has 0 aromatic rings. The van der Waals surface area contributed by atoms with Crippen LogP contribution in [0.5, 0.6) is 0 Å². The van der Waals surface area contributed by atoms with Crippen molar-refractivity contribution in [2.24, 2.45) is 0 Å². The smallest absolute Gasteiger partial charge is 0.102 e. The molecule has 0 saturated carbocycles. The van der Waals surface area contributed by atoms with E-state index in [9.17, 15) is 0 Å². The van der Waals surface area contributed by atoms with Crippen molar-refractivity contribution in [1.82, 2.24) is 0 Å². The van der Waals surface area contributed by atoms with E-state index in [4.69, 9.17) is 23.2 Å². The first-order chi connectivity index (χ1) is 4.10. The van der Waals surface area contributed by atoms with Gasteiger partial charge in [0.2, 0.25) is 0 Å². The van der Waals surface area contributed by atoms with E-state index in [2.05, 4.69) is 15.9 Å². The highest BCUT2D eigenvalue weighted by Gasteiger charge is 2.20. The Labute approximate surface area is 72.7 Å². The van der Waals surface area contributed by atoms with Crippen molar-refractivity contribution in [3.8, 4) is 0 Å². The minimum atomic E-state index is -0.446. The minimum Gasteiger partial charge on any atom is -0.102 e. The van der Waals surface area contributed by atoms with Gasteiger partial charge in [0.15, 0.2) is 0 Å². The fourth-order valence-electron chi connectivity index (χ4n) is 0.637. The van der Waals surface area contributed by atoms with Crippen LogP contribution in [0.4, 0.5) is 0 Å². The molecule has 0 aliphatic heterocycles. The quantitative estimate of drug-likeness (QED) is 0.557. The van der Waals surface area contributed by atoms with Gasteiger partial charge in [-0.05, 0) is 18.6 Å². The van der Waals surface area contributed by atoms with Gasteiger partial charge >= 0.3 is 0 Å². The first kappa shape index (κ1) is 7.64. The lowest BCUT2D eigenvalue weighted by Gasteiger charge is -2.15. The lowest BCUT2D eigenvalue weighted by Crippen LogP contribution is -2.08. The highest BCUT2D eigenvalue weighted by Crippen LogP contribution is 2.34. The van der Waals surface area contributed by atoms with E-state index in [0.717, 1.165) is 6.42 Å². The average Bonchev–Trinajstić information content (AvgIpc) is 1.60. The molecule has 0 bridgehead atoms. The van der Waals surface area contributed by atoms with Crippen LogP contribution in [0.3, 0.4) is 0 Å². The van der Waals surface area contributed by atoms with Crippen LogP contribution < -0.4 is 0 Å².